The smallest absolute Gasteiger partial charge is 0.245 e. The number of piperidine rings is 2. The maximum Gasteiger partial charge on any atom is 0.245 e. The Morgan fingerprint density at radius 2 is 1.30 bits per heavy atom. The highest BCUT2D eigenvalue weighted by Gasteiger charge is 2.31. The van der Waals surface area contributed by atoms with Gasteiger partial charge in [-0.25, -0.2) is 0 Å². The molecule has 0 unspecified atom stereocenters. The summed E-state index contributed by atoms with van der Waals surface area (Å²) in [5.74, 6) is 0.0947. The van der Waals surface area contributed by atoms with E-state index in [9.17, 15) is 4.79 Å². The Morgan fingerprint density at radius 3 is 1.83 bits per heavy atom. The fourth-order valence-corrected chi connectivity index (χ4v) is 4.38. The molecule has 0 aliphatic carbocycles. The molecule has 0 aromatic rings. The highest BCUT2D eigenvalue weighted by atomic mass is 16.2. The van der Waals surface area contributed by atoms with Gasteiger partial charge in [0.05, 0.1) is 0 Å². The summed E-state index contributed by atoms with van der Waals surface area (Å²) in [6.07, 6.45) is 6.32. The lowest BCUT2D eigenvalue weighted by molar-refractivity contribution is -0.127. The largest absolute Gasteiger partial charge is 0.339 e. The molecule has 0 saturated carbocycles. The average Bonchev–Trinajstić information content (AvgIpc) is 2.62. The van der Waals surface area contributed by atoms with Gasteiger partial charge in [-0.15, -0.1) is 0 Å². The summed E-state index contributed by atoms with van der Waals surface area (Å²) < 4.78 is 0. The number of carbonyl (C=O) groups excluding carboxylic acids is 1. The molecule has 130 valence electrons. The first-order valence-electron chi connectivity index (χ1n) is 9.25. The predicted octanol–water partition coefficient (Wildman–Crippen LogP) is 0.875. The van der Waals surface area contributed by atoms with Crippen LogP contribution in [0.4, 0.5) is 0 Å². The molecule has 3 heterocycles. The van der Waals surface area contributed by atoms with Crippen molar-refractivity contribution in [2.75, 3.05) is 59.4 Å². The van der Waals surface area contributed by atoms with Crippen LogP contribution in [0, 0.1) is 0 Å². The standard InChI is InChI=1S/C18H32N4O/c1-3-18(23)22-10-6-16(7-11-22)20-8-4-17(5-9-20)21-14-12-19(2)13-15-21/h3,16-17H,1,4-15H2,2H3. The summed E-state index contributed by atoms with van der Waals surface area (Å²) >= 11 is 0. The average molecular weight is 320 g/mol. The van der Waals surface area contributed by atoms with Gasteiger partial charge in [-0.3, -0.25) is 9.69 Å². The number of likely N-dealkylation sites (tertiary alicyclic amines) is 2. The van der Waals surface area contributed by atoms with Crippen molar-refractivity contribution in [3.8, 4) is 0 Å². The number of piperazine rings is 1. The molecule has 3 fully saturated rings. The molecule has 5 nitrogen and oxygen atoms in total. The molecule has 3 saturated heterocycles. The van der Waals surface area contributed by atoms with E-state index in [2.05, 4.69) is 28.3 Å². The van der Waals surface area contributed by atoms with Crippen molar-refractivity contribution in [3.05, 3.63) is 12.7 Å². The van der Waals surface area contributed by atoms with Gasteiger partial charge in [0.1, 0.15) is 0 Å². The quantitative estimate of drug-likeness (QED) is 0.722. The van der Waals surface area contributed by atoms with Crippen molar-refractivity contribution < 1.29 is 4.79 Å². The van der Waals surface area contributed by atoms with Gasteiger partial charge in [0, 0.05) is 51.4 Å². The minimum atomic E-state index is 0.0947. The third-order valence-electron chi connectivity index (χ3n) is 6.02. The van der Waals surface area contributed by atoms with Crippen LogP contribution in [0.15, 0.2) is 12.7 Å². The van der Waals surface area contributed by atoms with Crippen LogP contribution in [0.3, 0.4) is 0 Å². The van der Waals surface area contributed by atoms with Gasteiger partial charge in [0.15, 0.2) is 0 Å². The highest BCUT2D eigenvalue weighted by Crippen LogP contribution is 2.24. The van der Waals surface area contributed by atoms with Crippen molar-refractivity contribution in [3.63, 3.8) is 0 Å². The number of rotatable bonds is 3. The number of hydrogen-bond acceptors (Lipinski definition) is 4. The van der Waals surface area contributed by atoms with E-state index < -0.39 is 0 Å². The maximum atomic E-state index is 11.7. The fraction of sp³-hybridized carbons (Fsp3) is 0.833. The third kappa shape index (κ3) is 4.14. The SMILES string of the molecule is C=CC(=O)N1CCC(N2CCC(N3CCN(C)CC3)CC2)CC1. The zero-order valence-electron chi connectivity index (χ0n) is 14.6. The molecule has 0 aromatic heterocycles. The zero-order valence-corrected chi connectivity index (χ0v) is 14.6. The Kier molecular flexibility index (Phi) is 5.72. The molecule has 0 spiro atoms. The molecular weight excluding hydrogens is 288 g/mol. The predicted molar refractivity (Wildman–Crippen MR) is 93.5 cm³/mol. The van der Waals surface area contributed by atoms with Crippen LogP contribution in [0.1, 0.15) is 25.7 Å². The number of nitrogens with zero attached hydrogens (tertiary/aromatic N) is 4. The molecule has 0 N–H and O–H groups in total. The summed E-state index contributed by atoms with van der Waals surface area (Å²) in [4.78, 5) is 21.4. The Labute approximate surface area is 140 Å². The van der Waals surface area contributed by atoms with E-state index in [-0.39, 0.29) is 5.91 Å². The molecular formula is C18H32N4O. The van der Waals surface area contributed by atoms with E-state index in [4.69, 9.17) is 0 Å². The summed E-state index contributed by atoms with van der Waals surface area (Å²) in [7, 11) is 2.23. The Hall–Kier alpha value is -0.910. The minimum absolute atomic E-state index is 0.0947. The topological polar surface area (TPSA) is 30.0 Å². The highest BCUT2D eigenvalue weighted by molar-refractivity contribution is 5.87. The second-order valence-electron chi connectivity index (χ2n) is 7.37. The van der Waals surface area contributed by atoms with Crippen molar-refractivity contribution in [2.24, 2.45) is 0 Å². The lowest BCUT2D eigenvalue weighted by Gasteiger charge is -2.45. The molecule has 5 heteroatoms. The van der Waals surface area contributed by atoms with Gasteiger partial charge in [-0.1, -0.05) is 6.58 Å². The summed E-state index contributed by atoms with van der Waals surface area (Å²) in [6.45, 7) is 12.8. The first-order valence-corrected chi connectivity index (χ1v) is 9.25. The maximum absolute atomic E-state index is 11.7. The molecule has 3 aliphatic rings. The van der Waals surface area contributed by atoms with Gasteiger partial charge in [-0.2, -0.15) is 0 Å². The molecule has 0 radical (unpaired) electrons. The molecule has 0 aromatic carbocycles. The molecule has 3 rings (SSSR count). The number of carbonyl (C=O) groups is 1. The van der Waals surface area contributed by atoms with Gasteiger partial charge in [0.2, 0.25) is 5.91 Å². The van der Waals surface area contributed by atoms with E-state index in [1.807, 2.05) is 4.90 Å². The Bertz CT molecular complexity index is 403. The second kappa shape index (κ2) is 7.77. The number of hydrogen-bond donors (Lipinski definition) is 0. The monoisotopic (exact) mass is 320 g/mol. The minimum Gasteiger partial charge on any atom is -0.339 e. The lowest BCUT2D eigenvalue weighted by Crippen LogP contribution is -2.54. The second-order valence-corrected chi connectivity index (χ2v) is 7.37. The number of likely N-dealkylation sites (N-methyl/N-ethyl adjacent to an activating group) is 1. The van der Waals surface area contributed by atoms with Crippen LogP contribution in [-0.2, 0) is 4.79 Å². The molecule has 1 amide bonds. The van der Waals surface area contributed by atoms with Crippen molar-refractivity contribution in [1.29, 1.82) is 0 Å². The van der Waals surface area contributed by atoms with E-state index in [0.717, 1.165) is 32.0 Å². The number of amides is 1. The molecule has 3 aliphatic heterocycles. The van der Waals surface area contributed by atoms with Crippen LogP contribution in [0.2, 0.25) is 0 Å². The summed E-state index contributed by atoms with van der Waals surface area (Å²) in [5.41, 5.74) is 0. The lowest BCUT2D eigenvalue weighted by atomic mass is 9.96. The van der Waals surface area contributed by atoms with Crippen LogP contribution < -0.4 is 0 Å². The normalized spacial score (nSPS) is 27.3. The first-order chi connectivity index (χ1) is 11.2. The molecule has 23 heavy (non-hydrogen) atoms. The van der Waals surface area contributed by atoms with Crippen LogP contribution in [-0.4, -0.2) is 97.0 Å². The van der Waals surface area contributed by atoms with Gasteiger partial charge >= 0.3 is 0 Å². The van der Waals surface area contributed by atoms with Crippen LogP contribution >= 0.6 is 0 Å². The zero-order chi connectivity index (χ0) is 16.2. The van der Waals surface area contributed by atoms with Crippen LogP contribution in [0.25, 0.3) is 0 Å². The van der Waals surface area contributed by atoms with Gasteiger partial charge in [-0.05, 0) is 51.9 Å². The van der Waals surface area contributed by atoms with Crippen molar-refractivity contribution in [2.45, 2.75) is 37.8 Å². The molecule has 0 atom stereocenters. The Morgan fingerprint density at radius 1 is 0.826 bits per heavy atom. The Balaban J connectivity index is 1.41. The van der Waals surface area contributed by atoms with Gasteiger partial charge < -0.3 is 14.7 Å². The van der Waals surface area contributed by atoms with E-state index in [1.54, 1.807) is 0 Å². The molecule has 0 bridgehead atoms. The van der Waals surface area contributed by atoms with Gasteiger partial charge in [0.25, 0.3) is 0 Å². The summed E-state index contributed by atoms with van der Waals surface area (Å²) in [6, 6.07) is 1.47. The van der Waals surface area contributed by atoms with E-state index >= 15 is 0 Å². The van der Waals surface area contributed by atoms with Crippen molar-refractivity contribution in [1.82, 2.24) is 19.6 Å². The fourth-order valence-electron chi connectivity index (χ4n) is 4.38. The first kappa shape index (κ1) is 16.9. The van der Waals surface area contributed by atoms with E-state index in [0.29, 0.717) is 6.04 Å². The van der Waals surface area contributed by atoms with E-state index in [1.165, 1.54) is 58.2 Å². The van der Waals surface area contributed by atoms with Crippen molar-refractivity contribution >= 4 is 5.91 Å². The third-order valence-corrected chi connectivity index (χ3v) is 6.02. The van der Waals surface area contributed by atoms with Crippen LogP contribution in [0.5, 0.6) is 0 Å². The summed E-state index contributed by atoms with van der Waals surface area (Å²) in [5, 5.41) is 0.